The molecule has 32 heavy (non-hydrogen) atoms. The van der Waals surface area contributed by atoms with Gasteiger partial charge in [-0.25, -0.2) is 0 Å². The summed E-state index contributed by atoms with van der Waals surface area (Å²) in [5, 5.41) is 0. The van der Waals surface area contributed by atoms with Gasteiger partial charge in [0.25, 0.3) is 0 Å². The molecule has 4 saturated carbocycles. The number of hydrogen-bond donors (Lipinski definition) is 1. The Bertz CT molecular complexity index is 1140. The predicted octanol–water partition coefficient (Wildman–Crippen LogP) is 6.08. The van der Waals surface area contributed by atoms with Crippen LogP contribution in [0.4, 0.5) is 0 Å². The van der Waals surface area contributed by atoms with Crippen LogP contribution in [0.3, 0.4) is 0 Å². The van der Waals surface area contributed by atoms with E-state index in [2.05, 4.69) is 54.6 Å². The number of carbonyl (C=O) groups excluding carboxylic acids is 2. The molecule has 4 bridgehead atoms. The van der Waals surface area contributed by atoms with E-state index >= 15 is 0 Å². The molecule has 4 unspecified atom stereocenters. The van der Waals surface area contributed by atoms with E-state index in [1.807, 2.05) is 30.3 Å². The molecule has 0 amide bonds. The molecule has 3 aromatic carbocycles. The first-order chi connectivity index (χ1) is 15.7. The number of ether oxygens (including phenoxy) is 1. The zero-order chi connectivity index (χ0) is 21.7. The van der Waals surface area contributed by atoms with Crippen molar-refractivity contribution in [2.75, 3.05) is 0 Å². The topological polar surface area (TPSA) is 43.4 Å². The van der Waals surface area contributed by atoms with Crippen LogP contribution in [0.5, 0.6) is 5.75 Å². The van der Waals surface area contributed by atoms with Crippen molar-refractivity contribution in [3.05, 3.63) is 84.9 Å². The number of para-hydroxylation sites is 1. The highest BCUT2D eigenvalue weighted by atomic mass is 32.2. The molecule has 4 atom stereocenters. The molecule has 0 radical (unpaired) electrons. The van der Waals surface area contributed by atoms with E-state index in [1.165, 1.54) is 9.79 Å². The Morgan fingerprint density at radius 1 is 0.812 bits per heavy atom. The molecule has 162 valence electrons. The Balaban J connectivity index is 1.39. The highest BCUT2D eigenvalue weighted by Crippen LogP contribution is 2.64. The molecule has 0 saturated heterocycles. The Hall–Kier alpha value is -2.85. The van der Waals surface area contributed by atoms with Crippen LogP contribution in [0.25, 0.3) is 0 Å². The van der Waals surface area contributed by atoms with Gasteiger partial charge in [0.2, 0.25) is 0 Å². The van der Waals surface area contributed by atoms with E-state index in [0.29, 0.717) is 23.9 Å². The molecule has 0 heterocycles. The van der Waals surface area contributed by atoms with Crippen molar-refractivity contribution in [1.82, 2.24) is 0 Å². The molecule has 3 aromatic rings. The van der Waals surface area contributed by atoms with Crippen LogP contribution < -0.4 is 4.74 Å². The molecule has 0 aromatic heterocycles. The SMILES string of the molecule is O=C1C2CC3CC1C(C(=O)Oc1ccccc1[SH](c1ccccc1)c1ccccc1)(C3)C2. The van der Waals surface area contributed by atoms with Crippen LogP contribution in [-0.4, -0.2) is 11.8 Å². The molecule has 4 aliphatic carbocycles. The number of rotatable bonds is 5. The Morgan fingerprint density at radius 2 is 1.44 bits per heavy atom. The maximum atomic E-state index is 13.6. The van der Waals surface area contributed by atoms with Gasteiger partial charge in [0.15, 0.2) is 0 Å². The molecule has 4 heteroatoms. The van der Waals surface area contributed by atoms with Crippen LogP contribution in [0.2, 0.25) is 0 Å². The molecule has 7 rings (SSSR count). The maximum absolute atomic E-state index is 13.6. The second-order valence-corrected chi connectivity index (χ2v) is 11.6. The van der Waals surface area contributed by atoms with Crippen molar-refractivity contribution < 1.29 is 14.3 Å². The Kier molecular flexibility index (Phi) is 4.72. The highest BCUT2D eigenvalue weighted by molar-refractivity contribution is 8.17. The fourth-order valence-corrected chi connectivity index (χ4v) is 8.71. The summed E-state index contributed by atoms with van der Waals surface area (Å²) >= 11 is 0. The van der Waals surface area contributed by atoms with Crippen molar-refractivity contribution in [3.8, 4) is 5.75 Å². The number of ketones is 1. The van der Waals surface area contributed by atoms with Crippen molar-refractivity contribution in [2.24, 2.45) is 23.2 Å². The highest BCUT2D eigenvalue weighted by Gasteiger charge is 2.66. The third-order valence-corrected chi connectivity index (χ3v) is 10.1. The zero-order valence-corrected chi connectivity index (χ0v) is 18.7. The molecule has 0 spiro atoms. The number of carbonyl (C=O) groups is 2. The lowest BCUT2D eigenvalue weighted by Crippen LogP contribution is -2.36. The largest absolute Gasteiger partial charge is 0.425 e. The summed E-state index contributed by atoms with van der Waals surface area (Å²) in [4.78, 5) is 29.8. The van der Waals surface area contributed by atoms with E-state index in [9.17, 15) is 9.59 Å². The number of benzene rings is 3. The standard InChI is InChI=1S/C28H26O3S/c29-26-20-15-19-16-23(26)28(17-19,18-20)27(30)31-24-13-7-8-14-25(24)32(21-9-3-1-4-10-21)22-11-5-2-6-12-22/h1-14,19-20,23,32H,15-18H2. The van der Waals surface area contributed by atoms with Gasteiger partial charge in [-0.1, -0.05) is 48.5 Å². The number of hydrogen-bond acceptors (Lipinski definition) is 3. The van der Waals surface area contributed by atoms with E-state index in [1.54, 1.807) is 0 Å². The van der Waals surface area contributed by atoms with Crippen molar-refractivity contribution >= 4 is 22.6 Å². The molecule has 4 fully saturated rings. The van der Waals surface area contributed by atoms with Gasteiger partial charge in [0.1, 0.15) is 11.5 Å². The van der Waals surface area contributed by atoms with Gasteiger partial charge in [-0.2, -0.15) is 10.9 Å². The van der Waals surface area contributed by atoms with Gasteiger partial charge in [0.05, 0.1) is 5.41 Å². The maximum Gasteiger partial charge on any atom is 0.318 e. The number of esters is 1. The second-order valence-electron chi connectivity index (χ2n) is 9.42. The average molecular weight is 443 g/mol. The van der Waals surface area contributed by atoms with E-state index in [0.717, 1.165) is 24.2 Å². The average Bonchev–Trinajstić information content (AvgIpc) is 3.21. The summed E-state index contributed by atoms with van der Waals surface area (Å²) in [5.41, 5.74) is -0.597. The van der Waals surface area contributed by atoms with E-state index in [-0.39, 0.29) is 17.8 Å². The molecule has 4 aliphatic rings. The normalized spacial score (nSPS) is 28.1. The summed E-state index contributed by atoms with van der Waals surface area (Å²) in [6.45, 7) is 0. The third-order valence-electron chi connectivity index (χ3n) is 7.61. The first-order valence-electron chi connectivity index (χ1n) is 11.4. The summed E-state index contributed by atoms with van der Waals surface area (Å²) in [6.07, 6.45) is 3.33. The summed E-state index contributed by atoms with van der Waals surface area (Å²) < 4.78 is 6.20. The third kappa shape index (κ3) is 3.04. The molecule has 0 aliphatic heterocycles. The summed E-state index contributed by atoms with van der Waals surface area (Å²) in [7, 11) is -0.879. The van der Waals surface area contributed by atoms with Crippen LogP contribution in [0, 0.1) is 23.2 Å². The summed E-state index contributed by atoms with van der Waals surface area (Å²) in [5.74, 6) is 1.19. The van der Waals surface area contributed by atoms with Gasteiger partial charge in [0, 0.05) is 16.7 Å². The molecular weight excluding hydrogens is 416 g/mol. The number of thiol groups is 1. The minimum absolute atomic E-state index is 0.0704. The van der Waals surface area contributed by atoms with Crippen LogP contribution >= 0.6 is 10.9 Å². The van der Waals surface area contributed by atoms with Gasteiger partial charge < -0.3 is 4.74 Å². The molecule has 3 nitrogen and oxygen atoms in total. The predicted molar refractivity (Wildman–Crippen MR) is 125 cm³/mol. The number of Topliss-reactive ketones (excluding diaryl/α,β-unsaturated/α-hetero) is 1. The fraction of sp³-hybridized carbons (Fsp3) is 0.286. The van der Waals surface area contributed by atoms with Gasteiger partial charge in [-0.05, 0) is 77.8 Å². The first-order valence-corrected chi connectivity index (χ1v) is 12.8. The Labute approximate surface area is 191 Å². The minimum atomic E-state index is -0.879. The lowest BCUT2D eigenvalue weighted by atomic mass is 9.75. The molecule has 0 N–H and O–H groups in total. The van der Waals surface area contributed by atoms with Crippen LogP contribution in [0.1, 0.15) is 25.7 Å². The fourth-order valence-electron chi connectivity index (χ4n) is 6.34. The second kappa shape index (κ2) is 7.63. The zero-order valence-electron chi connectivity index (χ0n) is 17.8. The van der Waals surface area contributed by atoms with Gasteiger partial charge in [-0.15, -0.1) is 0 Å². The van der Waals surface area contributed by atoms with Crippen molar-refractivity contribution in [1.29, 1.82) is 0 Å². The smallest absolute Gasteiger partial charge is 0.318 e. The summed E-state index contributed by atoms with van der Waals surface area (Å²) in [6, 6.07) is 28.8. The Morgan fingerprint density at radius 3 is 2.12 bits per heavy atom. The van der Waals surface area contributed by atoms with E-state index < -0.39 is 16.3 Å². The lowest BCUT2D eigenvalue weighted by Gasteiger charge is -2.30. The van der Waals surface area contributed by atoms with Gasteiger partial charge >= 0.3 is 5.97 Å². The van der Waals surface area contributed by atoms with Crippen LogP contribution in [-0.2, 0) is 9.59 Å². The molecular formula is C28H26O3S. The van der Waals surface area contributed by atoms with Crippen molar-refractivity contribution in [3.63, 3.8) is 0 Å². The minimum Gasteiger partial charge on any atom is -0.425 e. The first kappa shape index (κ1) is 19.8. The monoisotopic (exact) mass is 442 g/mol. The lowest BCUT2D eigenvalue weighted by molar-refractivity contribution is -0.149. The quantitative estimate of drug-likeness (QED) is 0.296. The van der Waals surface area contributed by atoms with Gasteiger partial charge in [-0.3, -0.25) is 9.59 Å². The van der Waals surface area contributed by atoms with Crippen molar-refractivity contribution in [2.45, 2.75) is 40.4 Å². The van der Waals surface area contributed by atoms with E-state index in [4.69, 9.17) is 4.74 Å². The van der Waals surface area contributed by atoms with Crippen LogP contribution in [0.15, 0.2) is 99.6 Å².